The van der Waals surface area contributed by atoms with Crippen molar-refractivity contribution in [3.05, 3.63) is 48.5 Å². The summed E-state index contributed by atoms with van der Waals surface area (Å²) in [7, 11) is 0. The summed E-state index contributed by atoms with van der Waals surface area (Å²) in [5.41, 5.74) is 3.15. The Balaban J connectivity index is 1.91. The maximum absolute atomic E-state index is 9.78. The average Bonchev–Trinajstić information content (AvgIpc) is 2.94. The highest BCUT2D eigenvalue weighted by Crippen LogP contribution is 2.27. The zero-order valence-corrected chi connectivity index (χ0v) is 13.7. The van der Waals surface area contributed by atoms with Gasteiger partial charge < -0.3 is 9.67 Å². The Kier molecular flexibility index (Phi) is 4.96. The third-order valence-corrected chi connectivity index (χ3v) is 4.24. The lowest BCUT2D eigenvalue weighted by atomic mass is 10.1. The minimum Gasteiger partial charge on any atom is -0.508 e. The minimum atomic E-state index is 0.282. The molecule has 0 amide bonds. The first-order valence-electron chi connectivity index (χ1n) is 8.54. The number of aromatic nitrogens is 2. The molecule has 0 aliphatic carbocycles. The molecular weight excluding hydrogens is 284 g/mol. The van der Waals surface area contributed by atoms with Crippen LogP contribution in [0, 0.1) is 0 Å². The summed E-state index contributed by atoms with van der Waals surface area (Å²) in [6.07, 6.45) is 6.28. The minimum absolute atomic E-state index is 0.282. The third-order valence-electron chi connectivity index (χ3n) is 4.24. The standard InChI is InChI=1S/C20H24N2O/c1-2-3-4-5-8-14-22-19-13-7-6-12-18(19)21-20(22)16-10-9-11-17(23)15-16/h6-7,9-13,15,23H,2-5,8,14H2,1H3. The van der Waals surface area contributed by atoms with Gasteiger partial charge in [0.25, 0.3) is 0 Å². The number of fused-ring (bicyclic) bond motifs is 1. The van der Waals surface area contributed by atoms with Crippen molar-refractivity contribution in [3.63, 3.8) is 0 Å². The topological polar surface area (TPSA) is 38.0 Å². The molecule has 0 atom stereocenters. The molecule has 0 aliphatic heterocycles. The van der Waals surface area contributed by atoms with Crippen molar-refractivity contribution >= 4 is 11.0 Å². The molecule has 0 saturated carbocycles. The molecule has 0 saturated heterocycles. The second-order valence-electron chi connectivity index (χ2n) is 6.04. The van der Waals surface area contributed by atoms with E-state index in [0.717, 1.165) is 29.9 Å². The average molecular weight is 308 g/mol. The van der Waals surface area contributed by atoms with E-state index >= 15 is 0 Å². The summed E-state index contributed by atoms with van der Waals surface area (Å²) < 4.78 is 2.29. The Bertz CT molecular complexity index is 776. The van der Waals surface area contributed by atoms with Gasteiger partial charge in [-0.05, 0) is 30.7 Å². The van der Waals surface area contributed by atoms with Crippen molar-refractivity contribution in [2.24, 2.45) is 0 Å². The van der Waals surface area contributed by atoms with E-state index in [2.05, 4.69) is 29.7 Å². The maximum Gasteiger partial charge on any atom is 0.141 e. The van der Waals surface area contributed by atoms with Crippen LogP contribution in [0.25, 0.3) is 22.4 Å². The molecule has 3 heteroatoms. The number of imidazole rings is 1. The van der Waals surface area contributed by atoms with Gasteiger partial charge in [0.1, 0.15) is 11.6 Å². The van der Waals surface area contributed by atoms with Gasteiger partial charge in [0.15, 0.2) is 0 Å². The lowest BCUT2D eigenvalue weighted by molar-refractivity contribution is 0.475. The molecule has 3 rings (SSSR count). The van der Waals surface area contributed by atoms with Crippen molar-refractivity contribution < 1.29 is 5.11 Å². The Morgan fingerprint density at radius 2 is 1.78 bits per heavy atom. The van der Waals surface area contributed by atoms with Crippen LogP contribution in [-0.2, 0) is 6.54 Å². The Hall–Kier alpha value is -2.29. The van der Waals surface area contributed by atoms with Gasteiger partial charge in [-0.25, -0.2) is 4.98 Å². The van der Waals surface area contributed by atoms with Gasteiger partial charge in [-0.2, -0.15) is 0 Å². The number of rotatable bonds is 7. The number of aromatic hydroxyl groups is 1. The van der Waals surface area contributed by atoms with Crippen molar-refractivity contribution in [1.29, 1.82) is 0 Å². The van der Waals surface area contributed by atoms with Gasteiger partial charge in [0, 0.05) is 12.1 Å². The highest BCUT2D eigenvalue weighted by atomic mass is 16.3. The van der Waals surface area contributed by atoms with Crippen LogP contribution in [0.5, 0.6) is 5.75 Å². The molecule has 3 nitrogen and oxygen atoms in total. The first-order chi connectivity index (χ1) is 11.3. The molecule has 0 bridgehead atoms. The Labute approximate surface area is 137 Å². The predicted molar refractivity (Wildman–Crippen MR) is 95.6 cm³/mol. The van der Waals surface area contributed by atoms with Crippen LogP contribution in [0.2, 0.25) is 0 Å². The summed E-state index contributed by atoms with van der Waals surface area (Å²) in [5, 5.41) is 9.78. The molecule has 3 aromatic rings. The van der Waals surface area contributed by atoms with Crippen LogP contribution >= 0.6 is 0 Å². The fraction of sp³-hybridized carbons (Fsp3) is 0.350. The normalized spacial score (nSPS) is 11.2. The van der Waals surface area contributed by atoms with Crippen LogP contribution in [0.15, 0.2) is 48.5 Å². The Morgan fingerprint density at radius 3 is 2.61 bits per heavy atom. The summed E-state index contributed by atoms with van der Waals surface area (Å²) >= 11 is 0. The fourth-order valence-corrected chi connectivity index (χ4v) is 3.04. The van der Waals surface area contributed by atoms with Gasteiger partial charge in [0.2, 0.25) is 0 Å². The van der Waals surface area contributed by atoms with Crippen LogP contribution < -0.4 is 0 Å². The molecule has 120 valence electrons. The predicted octanol–water partition coefficient (Wildman–Crippen LogP) is 5.38. The van der Waals surface area contributed by atoms with Crippen molar-refractivity contribution in [1.82, 2.24) is 9.55 Å². The molecule has 0 fully saturated rings. The van der Waals surface area contributed by atoms with Gasteiger partial charge >= 0.3 is 0 Å². The van der Waals surface area contributed by atoms with Gasteiger partial charge in [0.05, 0.1) is 11.0 Å². The van der Waals surface area contributed by atoms with Crippen LogP contribution in [0.1, 0.15) is 39.0 Å². The number of phenols is 1. The fourth-order valence-electron chi connectivity index (χ4n) is 3.04. The molecule has 1 heterocycles. The molecule has 0 aliphatic rings. The second kappa shape index (κ2) is 7.32. The van der Waals surface area contributed by atoms with E-state index in [-0.39, 0.29) is 5.75 Å². The van der Waals surface area contributed by atoms with E-state index in [0.29, 0.717) is 0 Å². The van der Waals surface area contributed by atoms with Crippen LogP contribution in [-0.4, -0.2) is 14.7 Å². The molecule has 2 aromatic carbocycles. The first-order valence-corrected chi connectivity index (χ1v) is 8.54. The first kappa shape index (κ1) is 15.6. The van der Waals surface area contributed by atoms with E-state index < -0.39 is 0 Å². The molecule has 0 unspecified atom stereocenters. The molecule has 1 aromatic heterocycles. The quantitative estimate of drug-likeness (QED) is 0.595. The lowest BCUT2D eigenvalue weighted by Gasteiger charge is -2.09. The largest absolute Gasteiger partial charge is 0.508 e. The summed E-state index contributed by atoms with van der Waals surface area (Å²) in [6.45, 7) is 3.21. The van der Waals surface area contributed by atoms with Crippen LogP contribution in [0.4, 0.5) is 0 Å². The van der Waals surface area contributed by atoms with E-state index in [1.807, 2.05) is 18.2 Å². The zero-order chi connectivity index (χ0) is 16.1. The van der Waals surface area contributed by atoms with E-state index in [1.165, 1.54) is 31.2 Å². The van der Waals surface area contributed by atoms with E-state index in [9.17, 15) is 5.11 Å². The van der Waals surface area contributed by atoms with Crippen LogP contribution in [0.3, 0.4) is 0 Å². The SMILES string of the molecule is CCCCCCCn1c(-c2cccc(O)c2)nc2ccccc21. The number of benzene rings is 2. The number of nitrogens with zero attached hydrogens (tertiary/aromatic N) is 2. The second-order valence-corrected chi connectivity index (χ2v) is 6.04. The molecule has 23 heavy (non-hydrogen) atoms. The monoisotopic (exact) mass is 308 g/mol. The third kappa shape index (κ3) is 3.55. The zero-order valence-electron chi connectivity index (χ0n) is 13.7. The number of aryl methyl sites for hydroxylation is 1. The number of unbranched alkanes of at least 4 members (excludes halogenated alkanes) is 4. The number of hydrogen-bond acceptors (Lipinski definition) is 2. The van der Waals surface area contributed by atoms with Crippen molar-refractivity contribution in [2.75, 3.05) is 0 Å². The highest BCUT2D eigenvalue weighted by Gasteiger charge is 2.12. The number of hydrogen-bond donors (Lipinski definition) is 1. The molecule has 0 radical (unpaired) electrons. The maximum atomic E-state index is 9.78. The number of phenolic OH excluding ortho intramolecular Hbond substituents is 1. The molecular formula is C20H24N2O. The van der Waals surface area contributed by atoms with Crippen molar-refractivity contribution in [3.8, 4) is 17.1 Å². The summed E-state index contributed by atoms with van der Waals surface area (Å²) in [4.78, 5) is 4.79. The van der Waals surface area contributed by atoms with Crippen molar-refractivity contribution in [2.45, 2.75) is 45.6 Å². The smallest absolute Gasteiger partial charge is 0.141 e. The van der Waals surface area contributed by atoms with E-state index in [1.54, 1.807) is 12.1 Å². The summed E-state index contributed by atoms with van der Waals surface area (Å²) in [6, 6.07) is 15.6. The lowest BCUT2D eigenvalue weighted by Crippen LogP contribution is -2.01. The van der Waals surface area contributed by atoms with Gasteiger partial charge in [-0.15, -0.1) is 0 Å². The van der Waals surface area contributed by atoms with Gasteiger partial charge in [-0.1, -0.05) is 56.9 Å². The number of para-hydroxylation sites is 2. The molecule has 1 N–H and O–H groups in total. The Morgan fingerprint density at radius 1 is 0.957 bits per heavy atom. The summed E-state index contributed by atoms with van der Waals surface area (Å²) in [5.74, 6) is 1.22. The molecule has 0 spiro atoms. The van der Waals surface area contributed by atoms with Gasteiger partial charge in [-0.3, -0.25) is 0 Å². The highest BCUT2D eigenvalue weighted by molar-refractivity contribution is 5.80. The van der Waals surface area contributed by atoms with E-state index in [4.69, 9.17) is 4.98 Å².